The first-order chi connectivity index (χ1) is 17.6. The van der Waals surface area contributed by atoms with Crippen molar-refractivity contribution >= 4 is 17.7 Å². The molecule has 1 unspecified atom stereocenters. The van der Waals surface area contributed by atoms with Gasteiger partial charge in [0, 0.05) is 11.6 Å². The highest BCUT2D eigenvalue weighted by molar-refractivity contribution is 5.88. The van der Waals surface area contributed by atoms with Crippen LogP contribution in [0.15, 0.2) is 66.7 Å². The summed E-state index contributed by atoms with van der Waals surface area (Å²) >= 11 is 0. The van der Waals surface area contributed by atoms with E-state index in [1.165, 1.54) is 22.3 Å². The number of anilines is 1. The number of nitrogens with one attached hydrogen (secondary N) is 1. The molecule has 0 spiro atoms. The fourth-order valence-electron chi connectivity index (χ4n) is 5.27. The van der Waals surface area contributed by atoms with Gasteiger partial charge < -0.3 is 9.47 Å². The first-order valence-corrected chi connectivity index (χ1v) is 13.1. The summed E-state index contributed by atoms with van der Waals surface area (Å²) in [4.78, 5) is 26.0. The predicted molar refractivity (Wildman–Crippen MR) is 148 cm³/mol. The average molecular weight is 500 g/mol. The monoisotopic (exact) mass is 499 g/mol. The number of hydrogen-bond acceptors (Lipinski definition) is 4. The van der Waals surface area contributed by atoms with Gasteiger partial charge in [-0.05, 0) is 72.6 Å². The van der Waals surface area contributed by atoms with Crippen LogP contribution in [0.4, 0.5) is 10.5 Å². The van der Waals surface area contributed by atoms with Crippen LogP contribution >= 0.6 is 0 Å². The zero-order valence-corrected chi connectivity index (χ0v) is 22.6. The Morgan fingerprint density at radius 1 is 0.892 bits per heavy atom. The van der Waals surface area contributed by atoms with E-state index >= 15 is 0 Å². The molecule has 5 nitrogen and oxygen atoms in total. The molecule has 0 aromatic heterocycles. The average Bonchev–Trinajstić information content (AvgIpc) is 3.16. The van der Waals surface area contributed by atoms with E-state index in [-0.39, 0.29) is 24.4 Å². The molecule has 0 saturated heterocycles. The van der Waals surface area contributed by atoms with Gasteiger partial charge in [0.2, 0.25) is 0 Å². The lowest BCUT2D eigenvalue weighted by Crippen LogP contribution is -2.28. The molecule has 0 bridgehead atoms. The second-order valence-electron chi connectivity index (χ2n) is 10.9. The maximum Gasteiger partial charge on any atom is 0.411 e. The quantitative estimate of drug-likeness (QED) is 0.334. The third-order valence-electron chi connectivity index (χ3n) is 6.77. The molecule has 3 aromatic carbocycles. The lowest BCUT2D eigenvalue weighted by molar-refractivity contribution is -0.156. The van der Waals surface area contributed by atoms with Gasteiger partial charge in [-0.2, -0.15) is 0 Å². The minimum Gasteiger partial charge on any atom is -0.459 e. The number of carbonyl (C=O) groups is 2. The number of rotatable bonds is 7. The Kier molecular flexibility index (Phi) is 7.72. The molecule has 0 saturated carbocycles. The summed E-state index contributed by atoms with van der Waals surface area (Å²) < 4.78 is 11.5. The smallest absolute Gasteiger partial charge is 0.411 e. The highest BCUT2D eigenvalue weighted by Gasteiger charge is 2.31. The molecule has 0 aliphatic heterocycles. The van der Waals surface area contributed by atoms with Crippen molar-refractivity contribution in [3.63, 3.8) is 0 Å². The summed E-state index contributed by atoms with van der Waals surface area (Å²) in [6, 6.07) is 22.2. The molecule has 0 radical (unpaired) electrons. The minimum absolute atomic E-state index is 0.00862. The summed E-state index contributed by atoms with van der Waals surface area (Å²) in [7, 11) is 0. The van der Waals surface area contributed by atoms with Gasteiger partial charge >= 0.3 is 12.1 Å². The Morgan fingerprint density at radius 2 is 1.49 bits per heavy atom. The lowest BCUT2D eigenvalue weighted by atomic mass is 9.86. The molecule has 0 heterocycles. The largest absolute Gasteiger partial charge is 0.459 e. The number of benzene rings is 3. The fourth-order valence-corrected chi connectivity index (χ4v) is 5.27. The Labute approximate surface area is 220 Å². The molecule has 1 atom stereocenters. The molecule has 194 valence electrons. The molecule has 3 aromatic rings. The van der Waals surface area contributed by atoms with Crippen molar-refractivity contribution < 1.29 is 19.1 Å². The van der Waals surface area contributed by atoms with Crippen molar-refractivity contribution in [3.8, 4) is 11.1 Å². The number of ether oxygens (including phenoxy) is 2. The van der Waals surface area contributed by atoms with Crippen molar-refractivity contribution in [1.29, 1.82) is 0 Å². The Morgan fingerprint density at radius 3 is 2.03 bits per heavy atom. The van der Waals surface area contributed by atoms with Gasteiger partial charge in [0.1, 0.15) is 12.2 Å². The summed E-state index contributed by atoms with van der Waals surface area (Å²) in [5, 5.41) is 2.96. The zero-order chi connectivity index (χ0) is 26.7. The van der Waals surface area contributed by atoms with Gasteiger partial charge in [-0.3, -0.25) is 10.1 Å². The maximum atomic E-state index is 13.0. The SMILES string of the molecule is CCC(C(=O)OC(C)(C)C)c1cccc(NC(=O)OCC2c3ccccc3-c3ccccc32)c1C(C)C. The van der Waals surface area contributed by atoms with Gasteiger partial charge in [0.05, 0.1) is 5.92 Å². The second-order valence-corrected chi connectivity index (χ2v) is 10.9. The molecule has 1 amide bonds. The van der Waals surface area contributed by atoms with E-state index in [4.69, 9.17) is 9.47 Å². The summed E-state index contributed by atoms with van der Waals surface area (Å²) in [6.07, 6.45) is 0.0921. The van der Waals surface area contributed by atoms with Gasteiger partial charge in [-0.15, -0.1) is 0 Å². The van der Waals surface area contributed by atoms with Crippen molar-refractivity contribution in [2.45, 2.75) is 71.3 Å². The van der Waals surface area contributed by atoms with E-state index in [0.717, 1.165) is 11.1 Å². The summed E-state index contributed by atoms with van der Waals surface area (Å²) in [5.41, 5.74) is 6.61. The molecular formula is C32H37NO4. The third-order valence-corrected chi connectivity index (χ3v) is 6.77. The highest BCUT2D eigenvalue weighted by atomic mass is 16.6. The molecule has 1 aliphatic carbocycles. The molecule has 1 N–H and O–H groups in total. The Bertz CT molecular complexity index is 1240. The van der Waals surface area contributed by atoms with Gasteiger partial charge in [-0.25, -0.2) is 4.79 Å². The third kappa shape index (κ3) is 5.71. The zero-order valence-electron chi connectivity index (χ0n) is 22.6. The van der Waals surface area contributed by atoms with E-state index in [1.807, 2.05) is 70.2 Å². The molecule has 1 aliphatic rings. The van der Waals surface area contributed by atoms with E-state index in [9.17, 15) is 9.59 Å². The molecule has 37 heavy (non-hydrogen) atoms. The van der Waals surface area contributed by atoms with E-state index in [1.54, 1.807) is 0 Å². The van der Waals surface area contributed by atoms with E-state index < -0.39 is 17.6 Å². The topological polar surface area (TPSA) is 64.6 Å². The van der Waals surface area contributed by atoms with Crippen molar-refractivity contribution in [3.05, 3.63) is 89.0 Å². The van der Waals surface area contributed by atoms with Crippen LogP contribution in [0.25, 0.3) is 11.1 Å². The number of fused-ring (bicyclic) bond motifs is 3. The van der Waals surface area contributed by atoms with E-state index in [2.05, 4.69) is 43.4 Å². The summed E-state index contributed by atoms with van der Waals surface area (Å²) in [5.74, 6) is -0.599. The number of amides is 1. The lowest BCUT2D eigenvalue weighted by Gasteiger charge is -2.26. The van der Waals surface area contributed by atoms with Crippen LogP contribution in [0.3, 0.4) is 0 Å². The number of carbonyl (C=O) groups excluding carboxylic acids is 2. The van der Waals surface area contributed by atoms with E-state index in [0.29, 0.717) is 12.1 Å². The normalized spacial score (nSPS) is 13.6. The predicted octanol–water partition coefficient (Wildman–Crippen LogP) is 8.01. The van der Waals surface area contributed by atoms with Crippen LogP contribution in [-0.2, 0) is 14.3 Å². The number of esters is 1. The molecule has 5 heteroatoms. The van der Waals surface area contributed by atoms with Crippen molar-refractivity contribution in [1.82, 2.24) is 0 Å². The first-order valence-electron chi connectivity index (χ1n) is 13.1. The summed E-state index contributed by atoms with van der Waals surface area (Å²) in [6.45, 7) is 12.0. The molecular weight excluding hydrogens is 462 g/mol. The van der Waals surface area contributed by atoms with Gasteiger partial charge in [0.25, 0.3) is 0 Å². The van der Waals surface area contributed by atoms with Crippen molar-refractivity contribution in [2.24, 2.45) is 0 Å². The Hall–Kier alpha value is -3.60. The van der Waals surface area contributed by atoms with Crippen LogP contribution in [0, 0.1) is 0 Å². The van der Waals surface area contributed by atoms with Crippen LogP contribution in [-0.4, -0.2) is 24.3 Å². The van der Waals surface area contributed by atoms with Crippen molar-refractivity contribution in [2.75, 3.05) is 11.9 Å². The van der Waals surface area contributed by atoms with Crippen LogP contribution < -0.4 is 5.32 Å². The molecule has 0 fully saturated rings. The van der Waals surface area contributed by atoms with Crippen LogP contribution in [0.1, 0.15) is 88.0 Å². The van der Waals surface area contributed by atoms with Crippen LogP contribution in [0.5, 0.6) is 0 Å². The van der Waals surface area contributed by atoms with Gasteiger partial charge in [0.15, 0.2) is 0 Å². The minimum atomic E-state index is -0.570. The fraction of sp³-hybridized carbons (Fsp3) is 0.375. The van der Waals surface area contributed by atoms with Crippen LogP contribution in [0.2, 0.25) is 0 Å². The molecule has 4 rings (SSSR count). The van der Waals surface area contributed by atoms with Gasteiger partial charge in [-0.1, -0.05) is 81.4 Å². The Balaban J connectivity index is 1.54. The standard InChI is InChI=1S/C32H37NO4/c1-7-21(30(34)37-32(4,5)6)26-17-12-18-28(29(26)20(2)3)33-31(35)36-19-27-24-15-10-8-13-22(24)23-14-9-11-16-25(23)27/h8-18,20-21,27H,7,19H2,1-6H3,(H,33,35). The number of hydrogen-bond donors (Lipinski definition) is 1. The first kappa shape index (κ1) is 26.5. The second kappa shape index (κ2) is 10.8. The maximum absolute atomic E-state index is 13.0. The highest BCUT2D eigenvalue weighted by Crippen LogP contribution is 2.44.